The molecule has 158 valence electrons. The van der Waals surface area contributed by atoms with Gasteiger partial charge in [-0.1, -0.05) is 42.5 Å². The van der Waals surface area contributed by atoms with E-state index >= 15 is 0 Å². The highest BCUT2D eigenvalue weighted by atomic mass is 16.2. The van der Waals surface area contributed by atoms with Crippen LogP contribution >= 0.6 is 0 Å². The zero-order chi connectivity index (χ0) is 21.6. The summed E-state index contributed by atoms with van der Waals surface area (Å²) in [6.45, 7) is 1.18. The van der Waals surface area contributed by atoms with Crippen molar-refractivity contribution in [3.05, 3.63) is 90.0 Å². The SMILES string of the molecule is NCc1cccc(NC(C(=O)Nc2ccc(N3CCCC3=O)cc2)c2ccccc2)c1. The molecule has 4 N–H and O–H groups in total. The number of hydrogen-bond acceptors (Lipinski definition) is 4. The minimum Gasteiger partial charge on any atom is -0.370 e. The lowest BCUT2D eigenvalue weighted by Gasteiger charge is -2.21. The first kappa shape index (κ1) is 20.6. The Morgan fingerprint density at radius 1 is 0.968 bits per heavy atom. The van der Waals surface area contributed by atoms with Crippen molar-refractivity contribution < 1.29 is 9.59 Å². The number of carbonyl (C=O) groups is 2. The number of rotatable bonds is 7. The molecule has 0 aliphatic carbocycles. The highest BCUT2D eigenvalue weighted by Crippen LogP contribution is 2.25. The zero-order valence-corrected chi connectivity index (χ0v) is 17.3. The van der Waals surface area contributed by atoms with E-state index in [1.165, 1.54) is 0 Å². The van der Waals surface area contributed by atoms with E-state index in [0.717, 1.165) is 35.5 Å². The first-order valence-electron chi connectivity index (χ1n) is 10.5. The topological polar surface area (TPSA) is 87.5 Å². The summed E-state index contributed by atoms with van der Waals surface area (Å²) in [6.07, 6.45) is 1.47. The van der Waals surface area contributed by atoms with Crippen molar-refractivity contribution >= 4 is 28.9 Å². The zero-order valence-electron chi connectivity index (χ0n) is 17.3. The first-order valence-corrected chi connectivity index (χ1v) is 10.5. The Bertz CT molecular complexity index is 1050. The van der Waals surface area contributed by atoms with Crippen molar-refractivity contribution in [1.82, 2.24) is 0 Å². The molecule has 6 nitrogen and oxygen atoms in total. The van der Waals surface area contributed by atoms with Crippen molar-refractivity contribution in [1.29, 1.82) is 0 Å². The minimum absolute atomic E-state index is 0.143. The maximum Gasteiger partial charge on any atom is 0.251 e. The van der Waals surface area contributed by atoms with Crippen LogP contribution in [0, 0.1) is 0 Å². The lowest BCUT2D eigenvalue weighted by molar-refractivity contribution is -0.117. The predicted molar refractivity (Wildman–Crippen MR) is 124 cm³/mol. The second-order valence-electron chi connectivity index (χ2n) is 7.58. The number of benzene rings is 3. The van der Waals surface area contributed by atoms with Crippen LogP contribution in [0.5, 0.6) is 0 Å². The molecule has 1 atom stereocenters. The average Bonchev–Trinajstić information content (AvgIpc) is 3.24. The molecule has 1 aliphatic heterocycles. The van der Waals surface area contributed by atoms with E-state index in [9.17, 15) is 9.59 Å². The first-order chi connectivity index (χ1) is 15.1. The van der Waals surface area contributed by atoms with Gasteiger partial charge >= 0.3 is 0 Å². The van der Waals surface area contributed by atoms with Gasteiger partial charge in [0.05, 0.1) is 0 Å². The third-order valence-electron chi connectivity index (χ3n) is 5.39. The summed E-state index contributed by atoms with van der Waals surface area (Å²) in [4.78, 5) is 26.9. The number of anilines is 3. The van der Waals surface area contributed by atoms with Gasteiger partial charge in [-0.15, -0.1) is 0 Å². The average molecular weight is 415 g/mol. The van der Waals surface area contributed by atoms with E-state index < -0.39 is 6.04 Å². The van der Waals surface area contributed by atoms with E-state index in [2.05, 4.69) is 10.6 Å². The summed E-state index contributed by atoms with van der Waals surface area (Å²) in [7, 11) is 0. The number of carbonyl (C=O) groups excluding carboxylic acids is 2. The summed E-state index contributed by atoms with van der Waals surface area (Å²) in [5.41, 5.74) is 9.97. The van der Waals surface area contributed by atoms with Gasteiger partial charge in [0.15, 0.2) is 0 Å². The number of amides is 2. The molecular weight excluding hydrogens is 388 g/mol. The monoisotopic (exact) mass is 414 g/mol. The van der Waals surface area contributed by atoms with Crippen molar-refractivity contribution in [2.75, 3.05) is 22.1 Å². The van der Waals surface area contributed by atoms with Gasteiger partial charge < -0.3 is 21.3 Å². The molecule has 1 saturated heterocycles. The Balaban J connectivity index is 1.52. The fraction of sp³-hybridized carbons (Fsp3) is 0.200. The van der Waals surface area contributed by atoms with Crippen LogP contribution in [0.3, 0.4) is 0 Å². The number of nitrogens with zero attached hydrogens (tertiary/aromatic N) is 1. The van der Waals surface area contributed by atoms with Crippen LogP contribution in [0.2, 0.25) is 0 Å². The quantitative estimate of drug-likeness (QED) is 0.544. The summed E-state index contributed by atoms with van der Waals surface area (Å²) < 4.78 is 0. The second kappa shape index (κ2) is 9.45. The standard InChI is InChI=1S/C25H26N4O2/c26-17-18-6-4-9-21(16-18)27-24(19-7-2-1-3-8-19)25(31)28-20-11-13-22(14-12-20)29-15-5-10-23(29)30/h1-4,6-9,11-14,16,24,27H,5,10,15,17,26H2,(H,28,31). The van der Waals surface area contributed by atoms with Crippen LogP contribution in [0.25, 0.3) is 0 Å². The molecule has 4 rings (SSSR count). The Morgan fingerprint density at radius 3 is 2.42 bits per heavy atom. The molecule has 31 heavy (non-hydrogen) atoms. The summed E-state index contributed by atoms with van der Waals surface area (Å²) in [5, 5.41) is 6.32. The normalized spacial score (nSPS) is 14.4. The molecule has 0 spiro atoms. The van der Waals surface area contributed by atoms with Gasteiger partial charge in [-0.25, -0.2) is 0 Å². The van der Waals surface area contributed by atoms with Gasteiger partial charge in [-0.2, -0.15) is 0 Å². The maximum atomic E-state index is 13.2. The number of nitrogens with one attached hydrogen (secondary N) is 2. The third-order valence-corrected chi connectivity index (χ3v) is 5.39. The second-order valence-corrected chi connectivity index (χ2v) is 7.58. The smallest absolute Gasteiger partial charge is 0.251 e. The molecule has 0 aromatic heterocycles. The molecule has 2 amide bonds. The summed E-state index contributed by atoms with van der Waals surface area (Å²) in [5.74, 6) is -0.0285. The van der Waals surface area contributed by atoms with Crippen LogP contribution in [0.15, 0.2) is 78.9 Å². The molecule has 1 aliphatic rings. The van der Waals surface area contributed by atoms with E-state index in [1.807, 2.05) is 78.9 Å². The lowest BCUT2D eigenvalue weighted by atomic mass is 10.0. The Labute approximate surface area is 182 Å². The molecule has 1 fully saturated rings. The van der Waals surface area contributed by atoms with Crippen LogP contribution < -0.4 is 21.3 Å². The molecule has 3 aromatic rings. The summed E-state index contributed by atoms with van der Waals surface area (Å²) >= 11 is 0. The Morgan fingerprint density at radius 2 is 1.74 bits per heavy atom. The highest BCUT2D eigenvalue weighted by molar-refractivity contribution is 5.98. The Kier molecular flexibility index (Phi) is 6.29. The van der Waals surface area contributed by atoms with E-state index in [-0.39, 0.29) is 11.8 Å². The Hall–Kier alpha value is -3.64. The molecule has 1 heterocycles. The van der Waals surface area contributed by atoms with Crippen LogP contribution in [0.1, 0.15) is 30.0 Å². The van der Waals surface area contributed by atoms with E-state index in [1.54, 1.807) is 4.90 Å². The van der Waals surface area contributed by atoms with Gasteiger partial charge in [0.25, 0.3) is 5.91 Å². The molecular formula is C25H26N4O2. The minimum atomic E-state index is -0.575. The number of nitrogens with two attached hydrogens (primary N) is 1. The van der Waals surface area contributed by atoms with Crippen molar-refractivity contribution in [3.8, 4) is 0 Å². The van der Waals surface area contributed by atoms with Gasteiger partial charge in [-0.05, 0) is 53.9 Å². The molecule has 0 bridgehead atoms. The molecule has 6 heteroatoms. The maximum absolute atomic E-state index is 13.2. The van der Waals surface area contributed by atoms with Crippen LogP contribution in [-0.2, 0) is 16.1 Å². The summed E-state index contributed by atoms with van der Waals surface area (Å²) in [6, 6.07) is 24.2. The van der Waals surface area contributed by atoms with Crippen molar-refractivity contribution in [3.63, 3.8) is 0 Å². The van der Waals surface area contributed by atoms with Gasteiger partial charge in [0.2, 0.25) is 5.91 Å². The van der Waals surface area contributed by atoms with Crippen LogP contribution in [0.4, 0.5) is 17.1 Å². The predicted octanol–water partition coefficient (Wildman–Crippen LogP) is 4.06. The van der Waals surface area contributed by atoms with Gasteiger partial charge in [0, 0.05) is 36.6 Å². The van der Waals surface area contributed by atoms with Crippen molar-refractivity contribution in [2.45, 2.75) is 25.4 Å². The van der Waals surface area contributed by atoms with E-state index in [0.29, 0.717) is 18.7 Å². The fourth-order valence-electron chi connectivity index (χ4n) is 3.76. The largest absolute Gasteiger partial charge is 0.370 e. The van der Waals surface area contributed by atoms with Gasteiger partial charge in [0.1, 0.15) is 6.04 Å². The molecule has 0 radical (unpaired) electrons. The lowest BCUT2D eigenvalue weighted by Crippen LogP contribution is -2.27. The molecule has 3 aromatic carbocycles. The number of hydrogen-bond donors (Lipinski definition) is 3. The van der Waals surface area contributed by atoms with Gasteiger partial charge in [-0.3, -0.25) is 9.59 Å². The van der Waals surface area contributed by atoms with Crippen LogP contribution in [-0.4, -0.2) is 18.4 Å². The van der Waals surface area contributed by atoms with E-state index in [4.69, 9.17) is 5.73 Å². The van der Waals surface area contributed by atoms with Crippen molar-refractivity contribution in [2.24, 2.45) is 5.73 Å². The third kappa shape index (κ3) is 4.92. The molecule has 0 saturated carbocycles. The molecule has 1 unspecified atom stereocenters. The fourth-order valence-corrected chi connectivity index (χ4v) is 3.76. The highest BCUT2D eigenvalue weighted by Gasteiger charge is 2.23.